The molecule has 0 bridgehead atoms. The quantitative estimate of drug-likeness (QED) is 0.648. The van der Waals surface area contributed by atoms with E-state index in [2.05, 4.69) is 22.9 Å². The smallest absolute Gasteiger partial charge is 0.251 e. The molecular formula is C18H26N4O4S. The van der Waals surface area contributed by atoms with E-state index >= 15 is 0 Å². The number of benzene rings is 1. The number of amides is 2. The van der Waals surface area contributed by atoms with E-state index in [1.165, 1.54) is 24.3 Å². The Labute approximate surface area is 159 Å². The van der Waals surface area contributed by atoms with Crippen molar-refractivity contribution in [3.8, 4) is 0 Å². The van der Waals surface area contributed by atoms with Gasteiger partial charge in [-0.1, -0.05) is 6.92 Å². The topological polar surface area (TPSA) is 108 Å². The largest absolute Gasteiger partial charge is 0.354 e. The Morgan fingerprint density at radius 2 is 1.85 bits per heavy atom. The number of hydrogen-bond acceptors (Lipinski definition) is 5. The highest BCUT2D eigenvalue weighted by Crippen LogP contribution is 2.26. The highest BCUT2D eigenvalue weighted by Gasteiger charge is 2.30. The van der Waals surface area contributed by atoms with E-state index < -0.39 is 10.0 Å². The van der Waals surface area contributed by atoms with Crippen molar-refractivity contribution < 1.29 is 18.0 Å². The highest BCUT2D eigenvalue weighted by molar-refractivity contribution is 7.89. The van der Waals surface area contributed by atoms with Gasteiger partial charge in [-0.25, -0.2) is 8.42 Å². The third kappa shape index (κ3) is 4.66. The first-order valence-corrected chi connectivity index (χ1v) is 10.6. The number of nitrogens with one attached hydrogen (secondary N) is 3. The van der Waals surface area contributed by atoms with Crippen LogP contribution in [0.1, 0.15) is 30.1 Å². The van der Waals surface area contributed by atoms with Gasteiger partial charge in [-0.2, -0.15) is 4.31 Å². The van der Waals surface area contributed by atoms with Gasteiger partial charge < -0.3 is 16.0 Å². The van der Waals surface area contributed by atoms with Crippen molar-refractivity contribution in [2.24, 2.45) is 5.41 Å². The normalized spacial score (nSPS) is 20.7. The lowest BCUT2D eigenvalue weighted by Crippen LogP contribution is -2.49. The lowest BCUT2D eigenvalue weighted by atomic mass is 9.81. The van der Waals surface area contributed by atoms with Crippen molar-refractivity contribution in [3.05, 3.63) is 29.8 Å². The van der Waals surface area contributed by atoms with Crippen LogP contribution in [0.4, 0.5) is 0 Å². The van der Waals surface area contributed by atoms with Gasteiger partial charge >= 0.3 is 0 Å². The van der Waals surface area contributed by atoms with Crippen LogP contribution in [0.15, 0.2) is 29.2 Å². The maximum Gasteiger partial charge on any atom is 0.251 e. The molecule has 27 heavy (non-hydrogen) atoms. The van der Waals surface area contributed by atoms with Gasteiger partial charge in [0.25, 0.3) is 5.91 Å². The highest BCUT2D eigenvalue weighted by atomic mass is 32.2. The number of sulfonamides is 1. The zero-order chi connectivity index (χ0) is 19.5. The van der Waals surface area contributed by atoms with Gasteiger partial charge in [0, 0.05) is 25.2 Å². The Bertz CT molecular complexity index is 801. The maximum atomic E-state index is 12.6. The summed E-state index contributed by atoms with van der Waals surface area (Å²) in [6.07, 6.45) is 2.02. The zero-order valence-corrected chi connectivity index (χ0v) is 16.3. The fraction of sp³-hybridized carbons (Fsp3) is 0.556. The SMILES string of the molecule is CC1(CNC(=O)c2ccc(S(=O)(=O)N3CCNC(=O)C3)cc2)CCNCC1. The van der Waals surface area contributed by atoms with Gasteiger partial charge in [0.05, 0.1) is 11.4 Å². The average Bonchev–Trinajstić information content (AvgIpc) is 2.67. The van der Waals surface area contributed by atoms with Gasteiger partial charge in [0.2, 0.25) is 15.9 Å². The van der Waals surface area contributed by atoms with Crippen LogP contribution in [0, 0.1) is 5.41 Å². The molecule has 0 atom stereocenters. The van der Waals surface area contributed by atoms with Crippen LogP contribution < -0.4 is 16.0 Å². The van der Waals surface area contributed by atoms with Crippen LogP contribution in [0.3, 0.4) is 0 Å². The van der Waals surface area contributed by atoms with E-state index in [-0.39, 0.29) is 35.2 Å². The molecule has 0 aliphatic carbocycles. The molecule has 1 aromatic carbocycles. The van der Waals surface area contributed by atoms with E-state index in [1.54, 1.807) is 0 Å². The lowest BCUT2D eigenvalue weighted by Gasteiger charge is -2.34. The van der Waals surface area contributed by atoms with E-state index in [0.29, 0.717) is 18.7 Å². The molecule has 2 aliphatic rings. The molecule has 0 saturated carbocycles. The van der Waals surface area contributed by atoms with E-state index in [0.717, 1.165) is 30.2 Å². The number of hydrogen-bond donors (Lipinski definition) is 3. The van der Waals surface area contributed by atoms with Gasteiger partial charge in [-0.15, -0.1) is 0 Å². The standard InChI is InChI=1S/C18H26N4O4S/c1-18(6-8-19-9-7-18)13-21-17(24)14-2-4-15(5-3-14)27(25,26)22-11-10-20-16(23)12-22/h2-5,19H,6-13H2,1H3,(H,20,23)(H,21,24). The number of rotatable bonds is 5. The summed E-state index contributed by atoms with van der Waals surface area (Å²) in [7, 11) is -3.74. The fourth-order valence-electron chi connectivity index (χ4n) is 3.35. The molecule has 2 amide bonds. The van der Waals surface area contributed by atoms with Crippen LogP contribution >= 0.6 is 0 Å². The molecule has 3 rings (SSSR count). The summed E-state index contributed by atoms with van der Waals surface area (Å²) in [6.45, 7) is 5.02. The second kappa shape index (κ2) is 7.95. The molecule has 0 unspecified atom stereocenters. The van der Waals surface area contributed by atoms with Crippen molar-refractivity contribution in [1.29, 1.82) is 0 Å². The Morgan fingerprint density at radius 3 is 2.48 bits per heavy atom. The van der Waals surface area contributed by atoms with Gasteiger partial charge in [0.1, 0.15) is 0 Å². The van der Waals surface area contributed by atoms with E-state index in [9.17, 15) is 18.0 Å². The number of piperazine rings is 1. The minimum atomic E-state index is -3.74. The average molecular weight is 394 g/mol. The molecule has 2 fully saturated rings. The summed E-state index contributed by atoms with van der Waals surface area (Å²) in [5.74, 6) is -0.525. The Balaban J connectivity index is 1.64. The molecule has 9 heteroatoms. The maximum absolute atomic E-state index is 12.6. The summed E-state index contributed by atoms with van der Waals surface area (Å²) in [5.41, 5.74) is 0.502. The van der Waals surface area contributed by atoms with Crippen molar-refractivity contribution in [2.75, 3.05) is 39.3 Å². The third-order valence-electron chi connectivity index (χ3n) is 5.24. The zero-order valence-electron chi connectivity index (χ0n) is 15.5. The molecule has 2 aliphatic heterocycles. The molecule has 0 radical (unpaired) electrons. The minimum absolute atomic E-state index is 0.0824. The van der Waals surface area contributed by atoms with Crippen molar-refractivity contribution >= 4 is 21.8 Å². The monoisotopic (exact) mass is 394 g/mol. The molecule has 8 nitrogen and oxygen atoms in total. The molecule has 2 saturated heterocycles. The second-order valence-corrected chi connectivity index (χ2v) is 9.39. The van der Waals surface area contributed by atoms with Crippen molar-refractivity contribution in [3.63, 3.8) is 0 Å². The first kappa shape index (κ1) is 19.8. The predicted molar refractivity (Wildman–Crippen MR) is 101 cm³/mol. The van der Waals surface area contributed by atoms with Gasteiger partial charge in [0.15, 0.2) is 0 Å². The summed E-state index contributed by atoms with van der Waals surface area (Å²) in [4.78, 5) is 23.9. The van der Waals surface area contributed by atoms with Crippen LogP contribution in [0.25, 0.3) is 0 Å². The van der Waals surface area contributed by atoms with Gasteiger partial charge in [-0.3, -0.25) is 9.59 Å². The van der Waals surface area contributed by atoms with E-state index in [1.807, 2.05) is 0 Å². The number of piperidine rings is 1. The second-order valence-electron chi connectivity index (χ2n) is 7.46. The minimum Gasteiger partial charge on any atom is -0.354 e. The molecule has 148 valence electrons. The summed E-state index contributed by atoms with van der Waals surface area (Å²) >= 11 is 0. The molecule has 0 spiro atoms. The molecule has 2 heterocycles. The Kier molecular flexibility index (Phi) is 5.83. The van der Waals surface area contributed by atoms with Crippen molar-refractivity contribution in [2.45, 2.75) is 24.7 Å². The first-order valence-electron chi connectivity index (χ1n) is 9.16. The Hall–Kier alpha value is -1.97. The number of carbonyl (C=O) groups is 2. The van der Waals surface area contributed by atoms with E-state index in [4.69, 9.17) is 0 Å². The van der Waals surface area contributed by atoms with Crippen molar-refractivity contribution in [1.82, 2.24) is 20.3 Å². The first-order chi connectivity index (χ1) is 12.8. The van der Waals surface area contributed by atoms with Crippen LogP contribution in [0.5, 0.6) is 0 Å². The number of carbonyl (C=O) groups excluding carboxylic acids is 2. The van der Waals surface area contributed by atoms with Crippen LogP contribution in [-0.2, 0) is 14.8 Å². The van der Waals surface area contributed by atoms with Crippen LogP contribution in [-0.4, -0.2) is 63.8 Å². The summed E-state index contributed by atoms with van der Waals surface area (Å²) in [6, 6.07) is 5.86. The predicted octanol–water partition coefficient (Wildman–Crippen LogP) is -0.0734. The molecule has 0 aromatic heterocycles. The number of nitrogens with zero attached hydrogens (tertiary/aromatic N) is 1. The third-order valence-corrected chi connectivity index (χ3v) is 7.10. The summed E-state index contributed by atoms with van der Waals surface area (Å²) < 4.78 is 26.4. The molecule has 3 N–H and O–H groups in total. The van der Waals surface area contributed by atoms with Crippen LogP contribution in [0.2, 0.25) is 0 Å². The molecular weight excluding hydrogens is 368 g/mol. The lowest BCUT2D eigenvalue weighted by molar-refractivity contribution is -0.122. The summed E-state index contributed by atoms with van der Waals surface area (Å²) in [5, 5.41) is 8.87. The Morgan fingerprint density at radius 1 is 1.19 bits per heavy atom. The fourth-order valence-corrected chi connectivity index (χ4v) is 4.75. The van der Waals surface area contributed by atoms with Gasteiger partial charge in [-0.05, 0) is 55.6 Å². The molecule has 1 aromatic rings.